The van der Waals surface area contributed by atoms with E-state index in [4.69, 9.17) is 4.74 Å². The van der Waals surface area contributed by atoms with Gasteiger partial charge in [0.2, 0.25) is 0 Å². The molecule has 3 aromatic rings. The molecule has 0 saturated carbocycles. The summed E-state index contributed by atoms with van der Waals surface area (Å²) in [5.41, 5.74) is 3.53. The number of hydrogen-bond acceptors (Lipinski definition) is 4. The number of ether oxygens (including phenoxy) is 1. The van der Waals surface area contributed by atoms with Crippen LogP contribution in [0, 0.1) is 18.2 Å². The highest BCUT2D eigenvalue weighted by atomic mass is 19.1. The van der Waals surface area contributed by atoms with Gasteiger partial charge in [-0.05, 0) is 84.7 Å². The molecule has 33 heavy (non-hydrogen) atoms. The number of hydrogen-bond donors (Lipinski definition) is 0. The van der Waals surface area contributed by atoms with Crippen molar-refractivity contribution in [2.45, 2.75) is 72.1 Å². The zero-order valence-corrected chi connectivity index (χ0v) is 20.9. The van der Waals surface area contributed by atoms with Crippen molar-refractivity contribution >= 4 is 11.0 Å². The van der Waals surface area contributed by atoms with Crippen LogP contribution in [0.3, 0.4) is 0 Å². The van der Waals surface area contributed by atoms with Crippen molar-refractivity contribution in [2.24, 2.45) is 5.41 Å². The average Bonchev–Trinajstić information content (AvgIpc) is 3.38. The van der Waals surface area contributed by atoms with Gasteiger partial charge in [-0.2, -0.15) is 0 Å². The Labute approximate surface area is 197 Å². The molecule has 0 spiro atoms. The standard InChI is InChI=1S/C27H37FN4O/c1-7-33-26(5,6)27(12-14-31-19-30-23-16-22(28)10-11-24(23)31)13-15-32(18-27)25(3,4)21-9-8-20(2)29-17-21/h8-11,16-17,19H,7,12-15,18H2,1-6H3/t27-/m1/s1. The Morgan fingerprint density at radius 3 is 2.61 bits per heavy atom. The Hall–Kier alpha value is -2.31. The van der Waals surface area contributed by atoms with E-state index in [-0.39, 0.29) is 22.4 Å². The van der Waals surface area contributed by atoms with Gasteiger partial charge in [-0.1, -0.05) is 6.07 Å². The van der Waals surface area contributed by atoms with Gasteiger partial charge in [-0.15, -0.1) is 0 Å². The number of likely N-dealkylation sites (tertiary alicyclic amines) is 1. The number of pyridine rings is 1. The van der Waals surface area contributed by atoms with Crippen LogP contribution in [0.1, 0.15) is 58.7 Å². The highest BCUT2D eigenvalue weighted by Crippen LogP contribution is 2.49. The minimum Gasteiger partial charge on any atom is -0.375 e. The van der Waals surface area contributed by atoms with Crippen molar-refractivity contribution in [3.63, 3.8) is 0 Å². The number of aryl methyl sites for hydroxylation is 2. The maximum atomic E-state index is 13.6. The van der Waals surface area contributed by atoms with E-state index >= 15 is 0 Å². The molecule has 0 aliphatic carbocycles. The van der Waals surface area contributed by atoms with Gasteiger partial charge in [0.1, 0.15) is 5.82 Å². The third kappa shape index (κ3) is 4.43. The van der Waals surface area contributed by atoms with Crippen LogP contribution in [-0.4, -0.2) is 44.7 Å². The van der Waals surface area contributed by atoms with E-state index in [1.807, 2.05) is 25.5 Å². The molecule has 0 unspecified atom stereocenters. The quantitative estimate of drug-likeness (QED) is 0.439. The number of halogens is 1. The first-order valence-corrected chi connectivity index (χ1v) is 12.0. The van der Waals surface area contributed by atoms with Crippen LogP contribution in [0.2, 0.25) is 0 Å². The van der Waals surface area contributed by atoms with Crippen molar-refractivity contribution in [1.29, 1.82) is 0 Å². The molecule has 3 heterocycles. The summed E-state index contributed by atoms with van der Waals surface area (Å²) < 4.78 is 22.1. The Balaban J connectivity index is 1.60. The predicted octanol–water partition coefficient (Wildman–Crippen LogP) is 5.71. The predicted molar refractivity (Wildman–Crippen MR) is 131 cm³/mol. The van der Waals surface area contributed by atoms with Gasteiger partial charge >= 0.3 is 0 Å². The zero-order valence-electron chi connectivity index (χ0n) is 20.9. The van der Waals surface area contributed by atoms with E-state index in [1.54, 1.807) is 0 Å². The zero-order chi connectivity index (χ0) is 23.9. The third-order valence-electron chi connectivity index (χ3n) is 7.96. The minimum absolute atomic E-state index is 0.0188. The first-order valence-electron chi connectivity index (χ1n) is 12.0. The lowest BCUT2D eigenvalue weighted by molar-refractivity contribution is -0.111. The second-order valence-electron chi connectivity index (χ2n) is 10.5. The van der Waals surface area contributed by atoms with Gasteiger partial charge in [-0.25, -0.2) is 9.37 Å². The van der Waals surface area contributed by atoms with Crippen molar-refractivity contribution in [3.05, 3.63) is 59.9 Å². The summed E-state index contributed by atoms with van der Waals surface area (Å²) in [7, 11) is 0. The number of nitrogens with zero attached hydrogens (tertiary/aromatic N) is 4. The van der Waals surface area contributed by atoms with Crippen LogP contribution >= 0.6 is 0 Å². The smallest absolute Gasteiger partial charge is 0.125 e. The molecule has 1 atom stereocenters. The molecule has 0 amide bonds. The molecule has 1 aliphatic heterocycles. The molecular formula is C27H37FN4O. The Kier molecular flexibility index (Phi) is 6.36. The third-order valence-corrected chi connectivity index (χ3v) is 7.96. The molecule has 178 valence electrons. The van der Waals surface area contributed by atoms with Crippen LogP contribution in [0.5, 0.6) is 0 Å². The summed E-state index contributed by atoms with van der Waals surface area (Å²) in [6, 6.07) is 9.13. The number of benzene rings is 1. The first-order chi connectivity index (χ1) is 15.6. The molecule has 0 radical (unpaired) electrons. The number of aromatic nitrogens is 3. The molecule has 4 rings (SSSR count). The Morgan fingerprint density at radius 1 is 1.12 bits per heavy atom. The second kappa shape index (κ2) is 8.80. The Bertz CT molecular complexity index is 1110. The van der Waals surface area contributed by atoms with Gasteiger partial charge in [0.25, 0.3) is 0 Å². The summed E-state index contributed by atoms with van der Waals surface area (Å²) in [6.45, 7) is 16.6. The van der Waals surface area contributed by atoms with Crippen LogP contribution in [0.15, 0.2) is 42.9 Å². The summed E-state index contributed by atoms with van der Waals surface area (Å²) in [4.78, 5) is 11.6. The molecular weight excluding hydrogens is 415 g/mol. The topological polar surface area (TPSA) is 43.2 Å². The van der Waals surface area contributed by atoms with Gasteiger partial charge in [0, 0.05) is 48.6 Å². The molecule has 1 saturated heterocycles. The fourth-order valence-electron chi connectivity index (χ4n) is 5.42. The normalized spacial score (nSPS) is 20.1. The molecule has 1 aromatic carbocycles. The molecule has 2 aromatic heterocycles. The first kappa shape index (κ1) is 23.8. The van der Waals surface area contributed by atoms with Crippen molar-refractivity contribution in [2.75, 3.05) is 19.7 Å². The highest BCUT2D eigenvalue weighted by molar-refractivity contribution is 5.75. The van der Waals surface area contributed by atoms with Gasteiger partial charge in [0.05, 0.1) is 23.0 Å². The van der Waals surface area contributed by atoms with Crippen molar-refractivity contribution < 1.29 is 9.13 Å². The minimum atomic E-state index is -0.277. The van der Waals surface area contributed by atoms with E-state index in [9.17, 15) is 4.39 Å². The van der Waals surface area contributed by atoms with E-state index in [0.717, 1.165) is 43.7 Å². The molecule has 0 bridgehead atoms. The lowest BCUT2D eigenvalue weighted by Gasteiger charge is -2.46. The molecule has 6 heteroatoms. The average molecular weight is 453 g/mol. The molecule has 5 nitrogen and oxygen atoms in total. The summed E-state index contributed by atoms with van der Waals surface area (Å²) in [6.07, 6.45) is 5.87. The van der Waals surface area contributed by atoms with E-state index < -0.39 is 0 Å². The molecule has 1 fully saturated rings. The summed E-state index contributed by atoms with van der Waals surface area (Å²) in [5.74, 6) is -0.249. The number of fused-ring (bicyclic) bond motifs is 1. The van der Waals surface area contributed by atoms with E-state index in [0.29, 0.717) is 12.1 Å². The van der Waals surface area contributed by atoms with Crippen molar-refractivity contribution in [3.8, 4) is 0 Å². The fraction of sp³-hybridized carbons (Fsp3) is 0.556. The number of rotatable bonds is 8. The van der Waals surface area contributed by atoms with Gasteiger partial charge < -0.3 is 9.30 Å². The van der Waals surface area contributed by atoms with Crippen LogP contribution in [-0.2, 0) is 16.8 Å². The number of imidazole rings is 1. The van der Waals surface area contributed by atoms with Gasteiger partial charge in [0.15, 0.2) is 0 Å². The van der Waals surface area contributed by atoms with Crippen LogP contribution in [0.25, 0.3) is 11.0 Å². The van der Waals surface area contributed by atoms with Crippen molar-refractivity contribution in [1.82, 2.24) is 19.4 Å². The molecule has 0 N–H and O–H groups in total. The fourth-order valence-corrected chi connectivity index (χ4v) is 5.42. The van der Waals surface area contributed by atoms with Gasteiger partial charge in [-0.3, -0.25) is 9.88 Å². The maximum absolute atomic E-state index is 13.6. The Morgan fingerprint density at radius 2 is 1.91 bits per heavy atom. The SMILES string of the molecule is CCOC(C)(C)[C@]1(CCn2cnc3cc(F)ccc32)CCN(C(C)(C)c2ccc(C)nc2)C1. The monoisotopic (exact) mass is 452 g/mol. The van der Waals surface area contributed by atoms with Crippen LogP contribution in [0.4, 0.5) is 4.39 Å². The lowest BCUT2D eigenvalue weighted by atomic mass is 9.70. The largest absolute Gasteiger partial charge is 0.375 e. The summed E-state index contributed by atoms with van der Waals surface area (Å²) in [5, 5.41) is 0. The maximum Gasteiger partial charge on any atom is 0.125 e. The molecule has 1 aliphatic rings. The van der Waals surface area contributed by atoms with E-state index in [1.165, 1.54) is 17.7 Å². The summed E-state index contributed by atoms with van der Waals surface area (Å²) >= 11 is 0. The highest BCUT2D eigenvalue weighted by Gasteiger charge is 2.52. The van der Waals surface area contributed by atoms with Crippen LogP contribution < -0.4 is 0 Å². The van der Waals surface area contributed by atoms with E-state index in [2.05, 4.69) is 66.2 Å². The lowest BCUT2D eigenvalue weighted by Crippen LogP contribution is -2.50. The second-order valence-corrected chi connectivity index (χ2v) is 10.5.